The lowest BCUT2D eigenvalue weighted by Crippen LogP contribution is -2.41. The van der Waals surface area contributed by atoms with Crippen molar-refractivity contribution in [3.05, 3.63) is 60.0 Å². The van der Waals surface area contributed by atoms with Gasteiger partial charge in [-0.05, 0) is 37.3 Å². The molecule has 4 aromatic rings. The number of aromatic nitrogens is 5. The highest BCUT2D eigenvalue weighted by Gasteiger charge is 2.15. The summed E-state index contributed by atoms with van der Waals surface area (Å²) in [6.45, 7) is 6.61. The molecule has 5 heterocycles. The van der Waals surface area contributed by atoms with Crippen LogP contribution < -0.4 is 5.32 Å². The SMILES string of the molecule is Cc1cccc(-c2[nH]ncc2-c2ccc3ncc(C(=O)NCCN4CCOCC4)cc3n2)n1. The highest BCUT2D eigenvalue weighted by atomic mass is 16.5. The van der Waals surface area contributed by atoms with Gasteiger partial charge in [-0.25, -0.2) is 4.98 Å². The molecule has 4 aromatic heterocycles. The lowest BCUT2D eigenvalue weighted by atomic mass is 10.1. The summed E-state index contributed by atoms with van der Waals surface area (Å²) in [5.74, 6) is -0.155. The Morgan fingerprint density at radius 2 is 1.97 bits per heavy atom. The van der Waals surface area contributed by atoms with E-state index in [0.717, 1.165) is 66.7 Å². The van der Waals surface area contributed by atoms with Gasteiger partial charge in [-0.15, -0.1) is 0 Å². The van der Waals surface area contributed by atoms with Crippen LogP contribution in [0, 0.1) is 6.92 Å². The van der Waals surface area contributed by atoms with Gasteiger partial charge in [0, 0.05) is 43.6 Å². The molecule has 33 heavy (non-hydrogen) atoms. The molecule has 5 rings (SSSR count). The second kappa shape index (κ2) is 9.43. The smallest absolute Gasteiger partial charge is 0.252 e. The standard InChI is InChI=1S/C24H25N7O2/c1-16-3-2-4-21(28-16)23-18(15-27-30-23)19-5-6-20-22(29-19)13-17(14-26-20)24(32)25-7-8-31-9-11-33-12-10-31/h2-6,13-15H,7-12H2,1H3,(H,25,32)(H,27,30). The molecule has 1 saturated heterocycles. The number of fused-ring (bicyclic) bond motifs is 1. The number of carbonyl (C=O) groups is 1. The van der Waals surface area contributed by atoms with E-state index in [1.165, 1.54) is 0 Å². The van der Waals surface area contributed by atoms with E-state index in [1.807, 2.05) is 37.3 Å². The number of morpholine rings is 1. The molecule has 168 valence electrons. The van der Waals surface area contributed by atoms with Gasteiger partial charge >= 0.3 is 0 Å². The first-order valence-electron chi connectivity index (χ1n) is 11.0. The molecular weight excluding hydrogens is 418 g/mol. The summed E-state index contributed by atoms with van der Waals surface area (Å²) in [4.78, 5) is 28.7. The molecule has 1 aliphatic heterocycles. The average molecular weight is 444 g/mol. The number of nitrogens with one attached hydrogen (secondary N) is 2. The zero-order valence-electron chi connectivity index (χ0n) is 18.4. The van der Waals surface area contributed by atoms with Crippen LogP contribution in [-0.2, 0) is 4.74 Å². The molecule has 0 radical (unpaired) electrons. The molecule has 1 amide bonds. The molecule has 0 bridgehead atoms. The summed E-state index contributed by atoms with van der Waals surface area (Å²) in [6.07, 6.45) is 3.33. The molecule has 0 aliphatic carbocycles. The van der Waals surface area contributed by atoms with Gasteiger partial charge in [-0.3, -0.25) is 24.8 Å². The number of carbonyl (C=O) groups excluding carboxylic acids is 1. The van der Waals surface area contributed by atoms with Crippen LogP contribution in [0.2, 0.25) is 0 Å². The lowest BCUT2D eigenvalue weighted by Gasteiger charge is -2.26. The maximum absolute atomic E-state index is 12.7. The van der Waals surface area contributed by atoms with Crippen molar-refractivity contribution in [2.45, 2.75) is 6.92 Å². The van der Waals surface area contributed by atoms with Gasteiger partial charge in [0.15, 0.2) is 0 Å². The Morgan fingerprint density at radius 3 is 2.82 bits per heavy atom. The molecule has 9 heteroatoms. The molecule has 1 aliphatic rings. The third-order valence-electron chi connectivity index (χ3n) is 5.68. The molecule has 1 fully saturated rings. The molecular formula is C24H25N7O2. The molecule has 2 N–H and O–H groups in total. The zero-order chi connectivity index (χ0) is 22.6. The van der Waals surface area contributed by atoms with Crippen molar-refractivity contribution in [3.63, 3.8) is 0 Å². The number of H-pyrrole nitrogens is 1. The summed E-state index contributed by atoms with van der Waals surface area (Å²) in [5.41, 5.74) is 5.97. The van der Waals surface area contributed by atoms with Crippen LogP contribution in [0.5, 0.6) is 0 Å². The number of aryl methyl sites for hydroxylation is 1. The molecule has 9 nitrogen and oxygen atoms in total. The number of pyridine rings is 3. The molecule has 0 unspecified atom stereocenters. The van der Waals surface area contributed by atoms with E-state index in [9.17, 15) is 4.79 Å². The largest absolute Gasteiger partial charge is 0.379 e. The van der Waals surface area contributed by atoms with Crippen LogP contribution in [0.1, 0.15) is 16.1 Å². The minimum Gasteiger partial charge on any atom is -0.379 e. The first-order valence-corrected chi connectivity index (χ1v) is 11.0. The Kier molecular flexibility index (Phi) is 6.05. The number of amides is 1. The fraction of sp³-hybridized carbons (Fsp3) is 0.292. The second-order valence-corrected chi connectivity index (χ2v) is 7.99. The van der Waals surface area contributed by atoms with Gasteiger partial charge in [0.2, 0.25) is 0 Å². The third-order valence-corrected chi connectivity index (χ3v) is 5.68. The Balaban J connectivity index is 1.35. The topological polar surface area (TPSA) is 109 Å². The Labute approximate surface area is 191 Å². The van der Waals surface area contributed by atoms with Gasteiger partial charge in [-0.1, -0.05) is 6.07 Å². The van der Waals surface area contributed by atoms with Crippen molar-refractivity contribution in [1.29, 1.82) is 0 Å². The first-order chi connectivity index (χ1) is 16.2. The first kappa shape index (κ1) is 21.2. The minimum atomic E-state index is -0.155. The van der Waals surface area contributed by atoms with Crippen molar-refractivity contribution >= 4 is 16.9 Å². The van der Waals surface area contributed by atoms with Crippen LogP contribution in [0.3, 0.4) is 0 Å². The summed E-state index contributed by atoms with van der Waals surface area (Å²) >= 11 is 0. The number of ether oxygens (including phenoxy) is 1. The van der Waals surface area contributed by atoms with Crippen LogP contribution in [0.25, 0.3) is 33.7 Å². The molecule has 0 saturated carbocycles. The number of nitrogens with zero attached hydrogens (tertiary/aromatic N) is 5. The maximum Gasteiger partial charge on any atom is 0.252 e. The van der Waals surface area contributed by atoms with E-state index in [0.29, 0.717) is 17.6 Å². The second-order valence-electron chi connectivity index (χ2n) is 7.99. The monoisotopic (exact) mass is 443 g/mol. The number of hydrogen-bond donors (Lipinski definition) is 2. The maximum atomic E-state index is 12.7. The summed E-state index contributed by atoms with van der Waals surface area (Å²) in [7, 11) is 0. The van der Waals surface area contributed by atoms with Crippen LogP contribution in [0.4, 0.5) is 0 Å². The fourth-order valence-electron chi connectivity index (χ4n) is 3.89. The molecule has 0 atom stereocenters. The lowest BCUT2D eigenvalue weighted by molar-refractivity contribution is 0.0383. The molecule has 0 aromatic carbocycles. The summed E-state index contributed by atoms with van der Waals surface area (Å²) in [5, 5.41) is 10.2. The molecule has 0 spiro atoms. The third kappa shape index (κ3) is 4.74. The number of rotatable bonds is 6. The van der Waals surface area contributed by atoms with Gasteiger partial charge in [0.05, 0.1) is 53.1 Å². The van der Waals surface area contributed by atoms with Crippen LogP contribution in [0.15, 0.2) is 48.8 Å². The Morgan fingerprint density at radius 1 is 1.09 bits per heavy atom. The van der Waals surface area contributed by atoms with Crippen molar-refractivity contribution in [2.24, 2.45) is 0 Å². The van der Waals surface area contributed by atoms with E-state index in [1.54, 1.807) is 18.5 Å². The van der Waals surface area contributed by atoms with E-state index in [-0.39, 0.29) is 5.91 Å². The van der Waals surface area contributed by atoms with E-state index >= 15 is 0 Å². The van der Waals surface area contributed by atoms with Gasteiger partial charge in [0.1, 0.15) is 0 Å². The minimum absolute atomic E-state index is 0.155. The summed E-state index contributed by atoms with van der Waals surface area (Å²) < 4.78 is 5.36. The van der Waals surface area contributed by atoms with Crippen molar-refractivity contribution in [2.75, 3.05) is 39.4 Å². The zero-order valence-corrected chi connectivity index (χ0v) is 18.4. The fourth-order valence-corrected chi connectivity index (χ4v) is 3.89. The highest BCUT2D eigenvalue weighted by molar-refractivity contribution is 5.97. The van der Waals surface area contributed by atoms with E-state index in [2.05, 4.69) is 30.4 Å². The summed E-state index contributed by atoms with van der Waals surface area (Å²) in [6, 6.07) is 11.4. The van der Waals surface area contributed by atoms with Crippen molar-refractivity contribution in [3.8, 4) is 22.6 Å². The Bertz CT molecular complexity index is 1280. The average Bonchev–Trinajstić information content (AvgIpc) is 3.34. The number of aromatic amines is 1. The van der Waals surface area contributed by atoms with E-state index in [4.69, 9.17) is 9.72 Å². The highest BCUT2D eigenvalue weighted by Crippen LogP contribution is 2.29. The van der Waals surface area contributed by atoms with Crippen molar-refractivity contribution in [1.82, 2.24) is 35.4 Å². The van der Waals surface area contributed by atoms with Gasteiger partial charge in [0.25, 0.3) is 5.91 Å². The van der Waals surface area contributed by atoms with E-state index < -0.39 is 0 Å². The van der Waals surface area contributed by atoms with Gasteiger partial charge < -0.3 is 10.1 Å². The predicted octanol–water partition coefficient (Wildman–Crippen LogP) is 2.45. The Hall–Kier alpha value is -3.69. The van der Waals surface area contributed by atoms with Gasteiger partial charge in [-0.2, -0.15) is 5.10 Å². The number of hydrogen-bond acceptors (Lipinski definition) is 7. The van der Waals surface area contributed by atoms with Crippen LogP contribution in [-0.4, -0.2) is 75.3 Å². The van der Waals surface area contributed by atoms with Crippen LogP contribution >= 0.6 is 0 Å². The normalized spacial score (nSPS) is 14.5. The quantitative estimate of drug-likeness (QED) is 0.471. The predicted molar refractivity (Wildman–Crippen MR) is 125 cm³/mol. The van der Waals surface area contributed by atoms with Crippen molar-refractivity contribution < 1.29 is 9.53 Å².